The van der Waals surface area contributed by atoms with Gasteiger partial charge in [0.25, 0.3) is 0 Å². The largest absolute Gasteiger partial charge is 0.489 e. The molecule has 0 aromatic heterocycles. The number of carbonyl (C=O) groups is 2. The monoisotopic (exact) mass is 438 g/mol. The molecule has 1 fully saturated rings. The van der Waals surface area contributed by atoms with Crippen molar-refractivity contribution in [2.45, 2.75) is 58.8 Å². The third-order valence-corrected chi connectivity index (χ3v) is 5.37. The molecule has 2 amide bonds. The molecule has 0 aliphatic carbocycles. The maximum atomic E-state index is 12.4. The van der Waals surface area contributed by atoms with Crippen LogP contribution in [-0.2, 0) is 22.7 Å². The number of nitrogens with zero attached hydrogens (tertiary/aromatic N) is 1. The molecule has 1 aliphatic rings. The second kappa shape index (κ2) is 11.0. The zero-order chi connectivity index (χ0) is 23.0. The summed E-state index contributed by atoms with van der Waals surface area (Å²) < 4.78 is 11.2. The van der Waals surface area contributed by atoms with Gasteiger partial charge in [0.2, 0.25) is 5.91 Å². The van der Waals surface area contributed by atoms with Gasteiger partial charge in [-0.1, -0.05) is 42.5 Å². The van der Waals surface area contributed by atoms with Crippen molar-refractivity contribution in [2.24, 2.45) is 5.92 Å². The Labute approximate surface area is 190 Å². The van der Waals surface area contributed by atoms with Crippen LogP contribution in [0.1, 0.15) is 51.2 Å². The molecule has 2 aromatic rings. The van der Waals surface area contributed by atoms with Gasteiger partial charge in [0, 0.05) is 26.1 Å². The first-order valence-corrected chi connectivity index (χ1v) is 11.3. The molecular weight excluding hydrogens is 404 g/mol. The van der Waals surface area contributed by atoms with Crippen LogP contribution in [0.25, 0.3) is 0 Å². The fourth-order valence-electron chi connectivity index (χ4n) is 3.69. The van der Waals surface area contributed by atoms with E-state index in [1.165, 1.54) is 0 Å². The zero-order valence-electron chi connectivity index (χ0n) is 19.3. The van der Waals surface area contributed by atoms with Crippen LogP contribution in [0.4, 0.5) is 4.79 Å². The van der Waals surface area contributed by atoms with E-state index in [4.69, 9.17) is 9.47 Å². The van der Waals surface area contributed by atoms with Gasteiger partial charge in [-0.15, -0.1) is 0 Å². The number of benzene rings is 2. The summed E-state index contributed by atoms with van der Waals surface area (Å²) in [6.45, 7) is 7.86. The predicted molar refractivity (Wildman–Crippen MR) is 124 cm³/mol. The second-order valence-electron chi connectivity index (χ2n) is 9.31. The summed E-state index contributed by atoms with van der Waals surface area (Å²) in [7, 11) is 0. The third kappa shape index (κ3) is 7.91. The highest BCUT2D eigenvalue weighted by Crippen LogP contribution is 2.22. The van der Waals surface area contributed by atoms with E-state index in [1.807, 2.05) is 69.3 Å². The van der Waals surface area contributed by atoms with E-state index >= 15 is 0 Å². The normalized spacial score (nSPS) is 14.7. The van der Waals surface area contributed by atoms with Gasteiger partial charge in [-0.2, -0.15) is 0 Å². The summed E-state index contributed by atoms with van der Waals surface area (Å²) in [5.74, 6) is 1.18. The van der Waals surface area contributed by atoms with Gasteiger partial charge >= 0.3 is 6.09 Å². The third-order valence-electron chi connectivity index (χ3n) is 5.37. The van der Waals surface area contributed by atoms with E-state index in [0.717, 1.165) is 29.7 Å². The van der Waals surface area contributed by atoms with Crippen molar-refractivity contribution in [3.05, 3.63) is 65.7 Å². The van der Waals surface area contributed by atoms with Crippen molar-refractivity contribution in [1.29, 1.82) is 0 Å². The highest BCUT2D eigenvalue weighted by molar-refractivity contribution is 5.76. The number of amides is 2. The maximum absolute atomic E-state index is 12.4. The van der Waals surface area contributed by atoms with Crippen LogP contribution < -0.4 is 10.1 Å². The lowest BCUT2D eigenvalue weighted by Gasteiger charge is -2.33. The Hall–Kier alpha value is -3.02. The molecule has 2 aromatic carbocycles. The standard InChI is InChI=1S/C26H34N2O4/c1-26(2,3)32-25(30)28-14-12-20(13-15-28)17-24(29)27-18-21-8-7-9-22(16-21)19-31-23-10-5-4-6-11-23/h4-11,16,20H,12-15,17-19H2,1-3H3,(H,27,29). The van der Waals surface area contributed by atoms with Crippen LogP contribution in [0.3, 0.4) is 0 Å². The van der Waals surface area contributed by atoms with E-state index in [1.54, 1.807) is 4.90 Å². The molecule has 0 bridgehead atoms. The molecule has 1 saturated heterocycles. The van der Waals surface area contributed by atoms with E-state index in [2.05, 4.69) is 11.4 Å². The molecule has 0 saturated carbocycles. The number of rotatable bonds is 7. The predicted octanol–water partition coefficient (Wildman–Crippen LogP) is 4.92. The van der Waals surface area contributed by atoms with E-state index in [9.17, 15) is 9.59 Å². The SMILES string of the molecule is CC(C)(C)OC(=O)N1CCC(CC(=O)NCc2cccc(COc3ccccc3)c2)CC1. The number of piperidine rings is 1. The number of ether oxygens (including phenoxy) is 2. The lowest BCUT2D eigenvalue weighted by atomic mass is 9.93. The molecule has 1 aliphatic heterocycles. The van der Waals surface area contributed by atoms with Crippen LogP contribution in [0.5, 0.6) is 5.75 Å². The fraction of sp³-hybridized carbons (Fsp3) is 0.462. The van der Waals surface area contributed by atoms with Crippen molar-refractivity contribution >= 4 is 12.0 Å². The number of hydrogen-bond acceptors (Lipinski definition) is 4. The smallest absolute Gasteiger partial charge is 0.410 e. The molecule has 6 heteroatoms. The van der Waals surface area contributed by atoms with Gasteiger partial charge in [-0.3, -0.25) is 4.79 Å². The van der Waals surface area contributed by atoms with E-state index in [-0.39, 0.29) is 12.0 Å². The van der Waals surface area contributed by atoms with Gasteiger partial charge in [0.15, 0.2) is 0 Å². The highest BCUT2D eigenvalue weighted by Gasteiger charge is 2.27. The number of nitrogens with one attached hydrogen (secondary N) is 1. The summed E-state index contributed by atoms with van der Waals surface area (Å²) in [5, 5.41) is 3.03. The minimum atomic E-state index is -0.487. The Morgan fingerprint density at radius 3 is 2.38 bits per heavy atom. The lowest BCUT2D eigenvalue weighted by Crippen LogP contribution is -2.42. The lowest BCUT2D eigenvalue weighted by molar-refractivity contribution is -0.122. The molecule has 0 spiro atoms. The van der Waals surface area contributed by atoms with Crippen molar-refractivity contribution in [2.75, 3.05) is 13.1 Å². The molecule has 3 rings (SSSR count). The van der Waals surface area contributed by atoms with Gasteiger partial charge in [-0.05, 0) is 62.8 Å². The zero-order valence-corrected chi connectivity index (χ0v) is 19.3. The van der Waals surface area contributed by atoms with E-state index < -0.39 is 5.60 Å². The first kappa shape index (κ1) is 23.6. The van der Waals surface area contributed by atoms with Crippen LogP contribution in [0, 0.1) is 5.92 Å². The molecule has 1 N–H and O–H groups in total. The minimum absolute atomic E-state index is 0.0478. The first-order valence-electron chi connectivity index (χ1n) is 11.3. The summed E-state index contributed by atoms with van der Waals surface area (Å²) in [6, 6.07) is 17.8. The molecular formula is C26H34N2O4. The van der Waals surface area contributed by atoms with Crippen molar-refractivity contribution in [3.8, 4) is 5.75 Å². The second-order valence-corrected chi connectivity index (χ2v) is 9.31. The molecule has 172 valence electrons. The Bertz CT molecular complexity index is 884. The Balaban J connectivity index is 1.38. The summed E-state index contributed by atoms with van der Waals surface area (Å²) >= 11 is 0. The van der Waals surface area contributed by atoms with E-state index in [0.29, 0.717) is 38.6 Å². The average Bonchev–Trinajstić information content (AvgIpc) is 2.77. The minimum Gasteiger partial charge on any atom is -0.489 e. The van der Waals surface area contributed by atoms with Gasteiger partial charge < -0.3 is 19.7 Å². The van der Waals surface area contributed by atoms with Crippen LogP contribution >= 0.6 is 0 Å². The number of para-hydroxylation sites is 1. The molecule has 0 unspecified atom stereocenters. The quantitative estimate of drug-likeness (QED) is 0.666. The Kier molecular flexibility index (Phi) is 8.14. The molecule has 0 radical (unpaired) electrons. The van der Waals surface area contributed by atoms with Gasteiger partial charge in [-0.25, -0.2) is 4.79 Å². The van der Waals surface area contributed by atoms with Crippen LogP contribution in [0.2, 0.25) is 0 Å². The van der Waals surface area contributed by atoms with Crippen LogP contribution in [-0.4, -0.2) is 35.6 Å². The summed E-state index contributed by atoms with van der Waals surface area (Å²) in [6.07, 6.45) is 1.85. The summed E-state index contributed by atoms with van der Waals surface area (Å²) in [4.78, 5) is 26.4. The van der Waals surface area contributed by atoms with Crippen LogP contribution in [0.15, 0.2) is 54.6 Å². The van der Waals surface area contributed by atoms with Crippen molar-refractivity contribution in [3.63, 3.8) is 0 Å². The van der Waals surface area contributed by atoms with Crippen molar-refractivity contribution in [1.82, 2.24) is 10.2 Å². The number of likely N-dealkylation sites (tertiary alicyclic amines) is 1. The summed E-state index contributed by atoms with van der Waals surface area (Å²) in [5.41, 5.74) is 1.63. The Morgan fingerprint density at radius 2 is 1.69 bits per heavy atom. The number of hydrogen-bond donors (Lipinski definition) is 1. The highest BCUT2D eigenvalue weighted by atomic mass is 16.6. The molecule has 1 heterocycles. The van der Waals surface area contributed by atoms with Crippen molar-refractivity contribution < 1.29 is 19.1 Å². The number of carbonyl (C=O) groups excluding carboxylic acids is 2. The topological polar surface area (TPSA) is 67.9 Å². The molecule has 32 heavy (non-hydrogen) atoms. The van der Waals surface area contributed by atoms with Gasteiger partial charge in [0.05, 0.1) is 0 Å². The Morgan fingerprint density at radius 1 is 1.00 bits per heavy atom. The fourth-order valence-corrected chi connectivity index (χ4v) is 3.69. The van der Waals surface area contributed by atoms with Gasteiger partial charge in [0.1, 0.15) is 18.0 Å². The first-order chi connectivity index (χ1) is 15.3. The maximum Gasteiger partial charge on any atom is 0.410 e. The molecule has 0 atom stereocenters. The molecule has 6 nitrogen and oxygen atoms in total. The average molecular weight is 439 g/mol.